The monoisotopic (exact) mass is 309 g/mol. The summed E-state index contributed by atoms with van der Waals surface area (Å²) in [6, 6.07) is 3.23. The van der Waals surface area contributed by atoms with Gasteiger partial charge < -0.3 is 14.8 Å². The van der Waals surface area contributed by atoms with Gasteiger partial charge in [0.2, 0.25) is 11.8 Å². The lowest BCUT2D eigenvalue weighted by molar-refractivity contribution is 0.0952. The third-order valence-electron chi connectivity index (χ3n) is 2.51. The van der Waals surface area contributed by atoms with Crippen molar-refractivity contribution in [2.24, 2.45) is 0 Å². The second-order valence-corrected chi connectivity index (χ2v) is 4.94. The molecule has 21 heavy (non-hydrogen) atoms. The molecule has 112 valence electrons. The molecule has 2 aromatic rings. The van der Waals surface area contributed by atoms with Crippen LogP contribution in [-0.4, -0.2) is 52.8 Å². The first-order chi connectivity index (χ1) is 10.2. The van der Waals surface area contributed by atoms with Crippen LogP contribution in [0.3, 0.4) is 0 Å². The van der Waals surface area contributed by atoms with Crippen molar-refractivity contribution in [1.82, 2.24) is 25.7 Å². The minimum atomic E-state index is -0.247. The summed E-state index contributed by atoms with van der Waals surface area (Å²) in [5.41, 5.74) is 0.365. The lowest BCUT2D eigenvalue weighted by Gasteiger charge is -2.09. The molecule has 0 saturated carbocycles. The van der Waals surface area contributed by atoms with Gasteiger partial charge in [0.05, 0.1) is 20.4 Å². The zero-order valence-corrected chi connectivity index (χ0v) is 12.4. The third-order valence-corrected chi connectivity index (χ3v) is 3.41. The number of aromatic amines is 1. The Morgan fingerprint density at radius 3 is 2.90 bits per heavy atom. The van der Waals surface area contributed by atoms with E-state index in [0.29, 0.717) is 23.7 Å². The Morgan fingerprint density at radius 2 is 2.24 bits per heavy atom. The van der Waals surface area contributed by atoms with E-state index in [9.17, 15) is 4.79 Å². The fourth-order valence-corrected chi connectivity index (χ4v) is 2.19. The van der Waals surface area contributed by atoms with Crippen molar-refractivity contribution in [2.45, 2.75) is 5.03 Å². The number of aromatic nitrogens is 4. The van der Waals surface area contributed by atoms with Crippen LogP contribution in [0.1, 0.15) is 10.4 Å². The molecule has 2 N–H and O–H groups in total. The summed E-state index contributed by atoms with van der Waals surface area (Å²) in [4.78, 5) is 16.1. The molecular weight excluding hydrogens is 294 g/mol. The fraction of sp³-hybridized carbons (Fsp3) is 0.333. The fourth-order valence-electron chi connectivity index (χ4n) is 1.54. The van der Waals surface area contributed by atoms with Gasteiger partial charge in [-0.25, -0.2) is 0 Å². The van der Waals surface area contributed by atoms with E-state index in [-0.39, 0.29) is 11.8 Å². The van der Waals surface area contributed by atoms with Crippen molar-refractivity contribution in [3.05, 3.63) is 23.9 Å². The summed E-state index contributed by atoms with van der Waals surface area (Å²) >= 11 is 1.49. The van der Waals surface area contributed by atoms with Gasteiger partial charge in [-0.2, -0.15) is 15.3 Å². The number of rotatable bonds is 7. The lowest BCUT2D eigenvalue weighted by atomic mass is 10.2. The van der Waals surface area contributed by atoms with E-state index >= 15 is 0 Å². The molecule has 0 aliphatic rings. The zero-order valence-electron chi connectivity index (χ0n) is 11.6. The predicted molar refractivity (Wildman–Crippen MR) is 76.8 cm³/mol. The van der Waals surface area contributed by atoms with Gasteiger partial charge in [0.1, 0.15) is 10.6 Å². The number of nitrogens with one attached hydrogen (secondary N) is 2. The minimum Gasteiger partial charge on any atom is -0.481 e. The van der Waals surface area contributed by atoms with Crippen molar-refractivity contribution < 1.29 is 14.3 Å². The van der Waals surface area contributed by atoms with Crippen molar-refractivity contribution >= 4 is 17.7 Å². The number of carbonyl (C=O) groups is 1. The normalized spacial score (nSPS) is 10.2. The highest BCUT2D eigenvalue weighted by molar-refractivity contribution is 7.99. The maximum Gasteiger partial charge on any atom is 0.256 e. The van der Waals surface area contributed by atoms with Gasteiger partial charge >= 0.3 is 0 Å². The highest BCUT2D eigenvalue weighted by atomic mass is 32.2. The first kappa shape index (κ1) is 15.1. The Kier molecular flexibility index (Phi) is 5.38. The highest BCUT2D eigenvalue weighted by Crippen LogP contribution is 2.19. The molecule has 8 nitrogen and oxygen atoms in total. The van der Waals surface area contributed by atoms with Crippen molar-refractivity contribution in [1.29, 1.82) is 0 Å². The van der Waals surface area contributed by atoms with Gasteiger partial charge in [0.25, 0.3) is 5.91 Å². The van der Waals surface area contributed by atoms with Crippen LogP contribution in [0.4, 0.5) is 0 Å². The standard InChI is InChI=1S/C12H15N5O3S/c1-19-9-4-3-8(12(15-9)20-2)11(18)13-5-6-21-10-7-14-17-16-10/h3-4,7H,5-6H2,1-2H3,(H,13,18)(H,14,16,17). The summed E-state index contributed by atoms with van der Waals surface area (Å²) in [6.45, 7) is 0.492. The molecule has 0 unspecified atom stereocenters. The van der Waals surface area contributed by atoms with Crippen LogP contribution in [0.25, 0.3) is 0 Å². The second kappa shape index (κ2) is 7.48. The number of hydrogen-bond acceptors (Lipinski definition) is 7. The average Bonchev–Trinajstić information content (AvgIpc) is 3.04. The molecule has 1 amide bonds. The maximum absolute atomic E-state index is 12.1. The Morgan fingerprint density at radius 1 is 1.38 bits per heavy atom. The van der Waals surface area contributed by atoms with E-state index in [4.69, 9.17) is 9.47 Å². The highest BCUT2D eigenvalue weighted by Gasteiger charge is 2.14. The second-order valence-electron chi connectivity index (χ2n) is 3.82. The maximum atomic E-state index is 12.1. The van der Waals surface area contributed by atoms with Gasteiger partial charge in [0, 0.05) is 18.4 Å². The molecule has 0 aliphatic heterocycles. The lowest BCUT2D eigenvalue weighted by Crippen LogP contribution is -2.26. The molecule has 0 bridgehead atoms. The topological polar surface area (TPSA) is 102 Å². The summed E-state index contributed by atoms with van der Waals surface area (Å²) in [7, 11) is 2.96. The molecule has 0 fully saturated rings. The van der Waals surface area contributed by atoms with Crippen LogP contribution in [0.15, 0.2) is 23.4 Å². The number of amides is 1. The smallest absolute Gasteiger partial charge is 0.256 e. The first-order valence-corrected chi connectivity index (χ1v) is 7.09. The van der Waals surface area contributed by atoms with E-state index in [0.717, 1.165) is 5.03 Å². The van der Waals surface area contributed by atoms with Crippen LogP contribution in [0.2, 0.25) is 0 Å². The number of H-pyrrole nitrogens is 1. The number of nitrogens with zero attached hydrogens (tertiary/aromatic N) is 3. The van der Waals surface area contributed by atoms with Gasteiger partial charge in [0.15, 0.2) is 0 Å². The van der Waals surface area contributed by atoms with Crippen molar-refractivity contribution in [3.8, 4) is 11.8 Å². The molecule has 2 aromatic heterocycles. The number of hydrogen-bond donors (Lipinski definition) is 2. The zero-order chi connectivity index (χ0) is 15.1. The number of methoxy groups -OCH3 is 2. The summed E-state index contributed by atoms with van der Waals surface area (Å²) in [6.07, 6.45) is 1.63. The number of thioether (sulfide) groups is 1. The van der Waals surface area contributed by atoms with Gasteiger partial charge in [-0.1, -0.05) is 0 Å². The Bertz CT molecular complexity index is 591. The van der Waals surface area contributed by atoms with Crippen LogP contribution < -0.4 is 14.8 Å². The van der Waals surface area contributed by atoms with Crippen LogP contribution in [-0.2, 0) is 0 Å². The summed E-state index contributed by atoms with van der Waals surface area (Å²) in [5, 5.41) is 13.7. The quantitative estimate of drug-likeness (QED) is 0.574. The molecule has 2 heterocycles. The van der Waals surface area contributed by atoms with Crippen molar-refractivity contribution in [2.75, 3.05) is 26.5 Å². The van der Waals surface area contributed by atoms with Gasteiger partial charge in [-0.05, 0) is 6.07 Å². The van der Waals surface area contributed by atoms with E-state index in [1.807, 2.05) is 0 Å². The number of pyridine rings is 1. The van der Waals surface area contributed by atoms with E-state index < -0.39 is 0 Å². The van der Waals surface area contributed by atoms with E-state index in [1.54, 1.807) is 18.3 Å². The van der Waals surface area contributed by atoms with Crippen LogP contribution in [0.5, 0.6) is 11.8 Å². The molecule has 0 saturated heterocycles. The largest absolute Gasteiger partial charge is 0.481 e. The molecule has 0 aromatic carbocycles. The Labute approximate surface area is 125 Å². The predicted octanol–water partition coefficient (Wildman–Crippen LogP) is 0.739. The average molecular weight is 309 g/mol. The molecule has 0 radical (unpaired) electrons. The van der Waals surface area contributed by atoms with Gasteiger partial charge in [-0.3, -0.25) is 4.79 Å². The van der Waals surface area contributed by atoms with Crippen LogP contribution in [0, 0.1) is 0 Å². The molecule has 0 spiro atoms. The first-order valence-electron chi connectivity index (χ1n) is 6.10. The third kappa shape index (κ3) is 4.09. The minimum absolute atomic E-state index is 0.232. The molecule has 9 heteroatoms. The molecular formula is C12H15N5O3S. The Hall–Kier alpha value is -2.29. The van der Waals surface area contributed by atoms with Crippen LogP contribution >= 0.6 is 11.8 Å². The molecule has 0 aliphatic carbocycles. The molecule has 2 rings (SSSR count). The SMILES string of the molecule is COc1ccc(C(=O)NCCSc2cn[nH]n2)c(OC)n1. The molecule has 0 atom stereocenters. The Balaban J connectivity index is 1.87. The van der Waals surface area contributed by atoms with E-state index in [1.165, 1.54) is 26.0 Å². The summed E-state index contributed by atoms with van der Waals surface area (Å²) in [5.74, 6) is 1.06. The number of ether oxygens (including phenoxy) is 2. The van der Waals surface area contributed by atoms with E-state index in [2.05, 4.69) is 25.7 Å². The number of carbonyl (C=O) groups excluding carboxylic acids is 1. The van der Waals surface area contributed by atoms with Crippen molar-refractivity contribution in [3.63, 3.8) is 0 Å². The summed E-state index contributed by atoms with van der Waals surface area (Å²) < 4.78 is 10.1. The van der Waals surface area contributed by atoms with Gasteiger partial charge in [-0.15, -0.1) is 16.9 Å².